The van der Waals surface area contributed by atoms with Gasteiger partial charge >= 0.3 is 29.6 Å². The first kappa shape index (κ1) is 21.1. The van der Waals surface area contributed by atoms with Crippen LogP contribution in [0, 0.1) is 5.92 Å². The van der Waals surface area contributed by atoms with Gasteiger partial charge in [0.2, 0.25) is 0 Å². The molecule has 1 rings (SSSR count). The molecule has 0 amide bonds. The molecule has 21 heavy (non-hydrogen) atoms. The van der Waals surface area contributed by atoms with Crippen LogP contribution in [0.25, 0.3) is 0 Å². The topological polar surface area (TPSA) is 57.2 Å². The van der Waals surface area contributed by atoms with Gasteiger partial charge in [-0.25, -0.2) is 8.42 Å². The van der Waals surface area contributed by atoms with E-state index in [-0.39, 0.29) is 34.5 Å². The summed E-state index contributed by atoms with van der Waals surface area (Å²) in [5.74, 6) is 1.21. The normalized spacial score (nSPS) is 14.3. The van der Waals surface area contributed by atoms with Crippen molar-refractivity contribution in [1.29, 1.82) is 0 Å². The van der Waals surface area contributed by atoms with Crippen molar-refractivity contribution in [3.8, 4) is 0 Å². The number of hydrogen-bond acceptors (Lipinski definition) is 3. The van der Waals surface area contributed by atoms with Crippen molar-refractivity contribution in [3.63, 3.8) is 0 Å². The van der Waals surface area contributed by atoms with Crippen LogP contribution in [0.4, 0.5) is 0 Å². The molecule has 2 unspecified atom stereocenters. The van der Waals surface area contributed by atoms with Crippen LogP contribution in [-0.4, -0.2) is 13.0 Å². The number of rotatable bonds is 8. The monoisotopic (exact) mass is 320 g/mol. The van der Waals surface area contributed by atoms with Gasteiger partial charge in [0.25, 0.3) is 0 Å². The average Bonchev–Trinajstić information content (AvgIpc) is 2.42. The van der Waals surface area contributed by atoms with Crippen LogP contribution >= 0.6 is 0 Å². The van der Waals surface area contributed by atoms with Crippen LogP contribution in [0.3, 0.4) is 0 Å². The largest absolute Gasteiger partial charge is 1.00 e. The molecule has 0 radical (unpaired) electrons. The van der Waals surface area contributed by atoms with Crippen molar-refractivity contribution in [2.24, 2.45) is 5.92 Å². The predicted octanol–water partition coefficient (Wildman–Crippen LogP) is 1.30. The van der Waals surface area contributed by atoms with E-state index in [9.17, 15) is 13.0 Å². The maximum Gasteiger partial charge on any atom is 1.00 e. The quantitative estimate of drug-likeness (QED) is 0.536. The molecule has 0 aliphatic rings. The van der Waals surface area contributed by atoms with Gasteiger partial charge in [0.15, 0.2) is 0 Å². The Morgan fingerprint density at radius 1 is 1.05 bits per heavy atom. The second-order valence-electron chi connectivity index (χ2n) is 5.57. The Labute approximate surface area is 151 Å². The average molecular weight is 320 g/mol. The van der Waals surface area contributed by atoms with Gasteiger partial charge in [0, 0.05) is 0 Å². The minimum atomic E-state index is -4.33. The first-order valence-corrected chi connectivity index (χ1v) is 8.85. The van der Waals surface area contributed by atoms with Crippen molar-refractivity contribution in [1.82, 2.24) is 0 Å². The molecule has 0 bridgehead atoms. The predicted molar refractivity (Wildman–Crippen MR) is 80.7 cm³/mol. The van der Waals surface area contributed by atoms with Gasteiger partial charge in [-0.05, 0) is 42.4 Å². The van der Waals surface area contributed by atoms with Crippen LogP contribution in [0.5, 0.6) is 0 Å². The molecule has 1 aromatic rings. The summed E-state index contributed by atoms with van der Waals surface area (Å²) in [6.07, 6.45) is 5.79. The van der Waals surface area contributed by atoms with Crippen molar-refractivity contribution in [3.05, 3.63) is 29.8 Å². The molecule has 5 heteroatoms. The summed E-state index contributed by atoms with van der Waals surface area (Å²) in [4.78, 5) is -0.143. The van der Waals surface area contributed by atoms with E-state index in [1.54, 1.807) is 12.1 Å². The van der Waals surface area contributed by atoms with Gasteiger partial charge in [-0.3, -0.25) is 0 Å². The Balaban J connectivity index is 0.00000400. The van der Waals surface area contributed by atoms with Crippen LogP contribution in [-0.2, 0) is 10.1 Å². The van der Waals surface area contributed by atoms with Crippen LogP contribution in [0.2, 0.25) is 0 Å². The summed E-state index contributed by atoms with van der Waals surface area (Å²) in [6, 6.07) is 6.41. The first-order valence-electron chi connectivity index (χ1n) is 7.44. The molecular weight excluding hydrogens is 295 g/mol. The first-order chi connectivity index (χ1) is 9.38. The molecule has 2 atom stereocenters. The number of hydrogen-bond donors (Lipinski definition) is 0. The molecule has 0 aromatic heterocycles. The summed E-state index contributed by atoms with van der Waals surface area (Å²) < 4.78 is 32.7. The Kier molecular flexibility index (Phi) is 10.1. The zero-order valence-electron chi connectivity index (χ0n) is 13.6. The standard InChI is InChI=1S/C16H26O3S.Na/c1-4-13(3)7-6-8-14(5-2)15-9-11-16(12-10-15)20(17,18)19;/h9-14H,4-8H2,1-3H3,(H,17,18,19);/q;+1/p-1. The molecule has 0 spiro atoms. The zero-order chi connectivity index (χ0) is 15.2. The third-order valence-electron chi connectivity index (χ3n) is 4.08. The molecule has 0 N–H and O–H groups in total. The SMILES string of the molecule is CCC(C)CCCC(CC)c1ccc(S(=O)(=O)[O-])cc1.[Na+]. The van der Waals surface area contributed by atoms with Gasteiger partial charge in [0.1, 0.15) is 10.1 Å². The van der Waals surface area contributed by atoms with E-state index >= 15 is 0 Å². The molecule has 0 heterocycles. The second kappa shape index (κ2) is 10.0. The smallest absolute Gasteiger partial charge is 0.744 e. The van der Waals surface area contributed by atoms with Crippen LogP contribution < -0.4 is 29.6 Å². The molecule has 0 fully saturated rings. The second-order valence-corrected chi connectivity index (χ2v) is 6.95. The summed E-state index contributed by atoms with van der Waals surface area (Å²) in [5, 5.41) is 0. The van der Waals surface area contributed by atoms with Crippen LogP contribution in [0.1, 0.15) is 64.4 Å². The Morgan fingerprint density at radius 3 is 2.05 bits per heavy atom. The molecule has 0 saturated heterocycles. The van der Waals surface area contributed by atoms with E-state index in [2.05, 4.69) is 20.8 Å². The van der Waals surface area contributed by atoms with E-state index < -0.39 is 10.1 Å². The molecule has 1 aromatic carbocycles. The van der Waals surface area contributed by atoms with E-state index in [1.807, 2.05) is 0 Å². The maximum absolute atomic E-state index is 10.9. The van der Waals surface area contributed by atoms with Gasteiger partial charge in [0.05, 0.1) is 4.90 Å². The van der Waals surface area contributed by atoms with Crippen molar-refractivity contribution in [2.75, 3.05) is 0 Å². The zero-order valence-corrected chi connectivity index (χ0v) is 16.4. The minimum Gasteiger partial charge on any atom is -0.744 e. The van der Waals surface area contributed by atoms with Gasteiger partial charge in [-0.2, -0.15) is 0 Å². The Morgan fingerprint density at radius 2 is 1.62 bits per heavy atom. The fourth-order valence-corrected chi connectivity index (χ4v) is 2.90. The summed E-state index contributed by atoms with van der Waals surface area (Å²) in [5.41, 5.74) is 1.13. The Bertz CT molecular complexity index is 497. The summed E-state index contributed by atoms with van der Waals surface area (Å²) in [6.45, 7) is 6.63. The fraction of sp³-hybridized carbons (Fsp3) is 0.625. The maximum atomic E-state index is 10.9. The van der Waals surface area contributed by atoms with E-state index in [4.69, 9.17) is 0 Å². The molecule has 114 valence electrons. The van der Waals surface area contributed by atoms with E-state index in [1.165, 1.54) is 31.4 Å². The molecular formula is C16H25NaO3S. The summed E-state index contributed by atoms with van der Waals surface area (Å²) >= 11 is 0. The molecule has 0 aliphatic carbocycles. The molecule has 3 nitrogen and oxygen atoms in total. The van der Waals surface area contributed by atoms with E-state index in [0.29, 0.717) is 5.92 Å². The van der Waals surface area contributed by atoms with Gasteiger partial charge in [-0.15, -0.1) is 0 Å². The van der Waals surface area contributed by atoms with Crippen LogP contribution in [0.15, 0.2) is 29.2 Å². The Hall–Kier alpha value is 0.130. The van der Waals surface area contributed by atoms with Gasteiger partial charge in [-0.1, -0.05) is 52.2 Å². The number of benzene rings is 1. The van der Waals surface area contributed by atoms with Gasteiger partial charge < -0.3 is 4.55 Å². The van der Waals surface area contributed by atoms with Crippen molar-refractivity contribution < 1.29 is 42.5 Å². The third-order valence-corrected chi connectivity index (χ3v) is 4.93. The fourth-order valence-electron chi connectivity index (χ4n) is 2.43. The van der Waals surface area contributed by atoms with Crippen molar-refractivity contribution >= 4 is 10.1 Å². The molecule has 0 aliphatic heterocycles. The minimum absolute atomic E-state index is 0. The third kappa shape index (κ3) is 7.29. The van der Waals surface area contributed by atoms with E-state index in [0.717, 1.165) is 24.3 Å². The molecule has 0 saturated carbocycles. The summed E-state index contributed by atoms with van der Waals surface area (Å²) in [7, 11) is -4.33. The van der Waals surface area contributed by atoms with Crippen molar-refractivity contribution in [2.45, 2.75) is 63.7 Å².